The second kappa shape index (κ2) is 4.94. The van der Waals surface area contributed by atoms with Crippen LogP contribution in [0.5, 0.6) is 0 Å². The van der Waals surface area contributed by atoms with Gasteiger partial charge < -0.3 is 10.5 Å². The van der Waals surface area contributed by atoms with Gasteiger partial charge in [-0.05, 0) is 26.0 Å². The molecule has 0 aliphatic carbocycles. The van der Waals surface area contributed by atoms with Gasteiger partial charge in [0, 0.05) is 18.8 Å². The third kappa shape index (κ3) is 2.79. The van der Waals surface area contributed by atoms with Crippen molar-refractivity contribution in [2.45, 2.75) is 26.0 Å². The highest BCUT2D eigenvalue weighted by Gasteiger charge is 2.16. The zero-order valence-corrected chi connectivity index (χ0v) is 8.10. The molecule has 0 aliphatic rings. The molecule has 0 aromatic carbocycles. The molecule has 3 heteroatoms. The first-order chi connectivity index (χ1) is 6.25. The standard InChI is InChI=1S/C10H16N2O/c1-3-13-10(8(2)11)9-6-4-5-7-12-9/h4-8,10H,3,11H2,1-2H3. The van der Waals surface area contributed by atoms with Gasteiger partial charge in [0.15, 0.2) is 0 Å². The summed E-state index contributed by atoms with van der Waals surface area (Å²) >= 11 is 0. The second-order valence-corrected chi connectivity index (χ2v) is 2.99. The summed E-state index contributed by atoms with van der Waals surface area (Å²) in [5, 5.41) is 0. The predicted octanol–water partition coefficient (Wildman–Crippen LogP) is 1.51. The van der Waals surface area contributed by atoms with Crippen molar-refractivity contribution in [3.05, 3.63) is 30.1 Å². The molecule has 1 rings (SSSR count). The van der Waals surface area contributed by atoms with E-state index in [0.29, 0.717) is 6.61 Å². The van der Waals surface area contributed by atoms with E-state index >= 15 is 0 Å². The summed E-state index contributed by atoms with van der Waals surface area (Å²) in [4.78, 5) is 4.21. The van der Waals surface area contributed by atoms with Crippen molar-refractivity contribution in [3.63, 3.8) is 0 Å². The molecule has 2 N–H and O–H groups in total. The molecule has 0 spiro atoms. The van der Waals surface area contributed by atoms with Crippen molar-refractivity contribution in [1.29, 1.82) is 0 Å². The van der Waals surface area contributed by atoms with Gasteiger partial charge in [-0.3, -0.25) is 4.98 Å². The van der Waals surface area contributed by atoms with Crippen molar-refractivity contribution in [2.24, 2.45) is 5.73 Å². The second-order valence-electron chi connectivity index (χ2n) is 2.99. The zero-order valence-electron chi connectivity index (χ0n) is 8.10. The molecule has 0 amide bonds. The Bertz CT molecular complexity index is 236. The van der Waals surface area contributed by atoms with Crippen LogP contribution < -0.4 is 5.73 Å². The lowest BCUT2D eigenvalue weighted by atomic mass is 10.1. The van der Waals surface area contributed by atoms with E-state index in [1.165, 1.54) is 0 Å². The van der Waals surface area contributed by atoms with Crippen molar-refractivity contribution in [2.75, 3.05) is 6.61 Å². The van der Waals surface area contributed by atoms with E-state index in [2.05, 4.69) is 4.98 Å². The Balaban J connectivity index is 2.76. The third-order valence-electron chi connectivity index (χ3n) is 1.80. The number of hydrogen-bond acceptors (Lipinski definition) is 3. The molecule has 13 heavy (non-hydrogen) atoms. The lowest BCUT2D eigenvalue weighted by Crippen LogP contribution is -2.27. The van der Waals surface area contributed by atoms with E-state index in [0.717, 1.165) is 5.69 Å². The van der Waals surface area contributed by atoms with Crippen molar-refractivity contribution >= 4 is 0 Å². The van der Waals surface area contributed by atoms with Crippen molar-refractivity contribution < 1.29 is 4.74 Å². The Labute approximate surface area is 78.9 Å². The van der Waals surface area contributed by atoms with Crippen LogP contribution in [0.15, 0.2) is 24.4 Å². The van der Waals surface area contributed by atoms with Crippen LogP contribution >= 0.6 is 0 Å². The molecular weight excluding hydrogens is 164 g/mol. The summed E-state index contributed by atoms with van der Waals surface area (Å²) in [7, 11) is 0. The van der Waals surface area contributed by atoms with Gasteiger partial charge in [0.2, 0.25) is 0 Å². The molecule has 0 saturated heterocycles. The highest BCUT2D eigenvalue weighted by molar-refractivity contribution is 5.08. The Hall–Kier alpha value is -0.930. The average molecular weight is 180 g/mol. The number of ether oxygens (including phenoxy) is 1. The summed E-state index contributed by atoms with van der Waals surface area (Å²) in [6.45, 7) is 4.54. The Morgan fingerprint density at radius 3 is 2.77 bits per heavy atom. The monoisotopic (exact) mass is 180 g/mol. The normalized spacial score (nSPS) is 15.3. The minimum Gasteiger partial charge on any atom is -0.371 e. The first-order valence-corrected chi connectivity index (χ1v) is 4.53. The first kappa shape index (κ1) is 10.2. The van der Waals surface area contributed by atoms with E-state index in [9.17, 15) is 0 Å². The number of nitrogens with zero attached hydrogens (tertiary/aromatic N) is 1. The Morgan fingerprint density at radius 1 is 1.54 bits per heavy atom. The molecule has 2 atom stereocenters. The SMILES string of the molecule is CCOC(c1ccccn1)C(C)N. The van der Waals surface area contributed by atoms with E-state index in [-0.39, 0.29) is 12.1 Å². The van der Waals surface area contributed by atoms with Crippen molar-refractivity contribution in [3.8, 4) is 0 Å². The van der Waals surface area contributed by atoms with E-state index < -0.39 is 0 Å². The Morgan fingerprint density at radius 2 is 2.31 bits per heavy atom. The van der Waals surface area contributed by atoms with Gasteiger partial charge in [0.1, 0.15) is 6.10 Å². The largest absolute Gasteiger partial charge is 0.371 e. The van der Waals surface area contributed by atoms with Crippen LogP contribution in [-0.4, -0.2) is 17.6 Å². The molecule has 1 heterocycles. The van der Waals surface area contributed by atoms with Gasteiger partial charge >= 0.3 is 0 Å². The predicted molar refractivity (Wildman–Crippen MR) is 52.3 cm³/mol. The maximum absolute atomic E-state index is 5.79. The zero-order chi connectivity index (χ0) is 9.68. The lowest BCUT2D eigenvalue weighted by Gasteiger charge is -2.19. The van der Waals surface area contributed by atoms with Crippen LogP contribution in [0.1, 0.15) is 25.6 Å². The molecule has 72 valence electrons. The molecule has 0 saturated carbocycles. The smallest absolute Gasteiger partial charge is 0.114 e. The first-order valence-electron chi connectivity index (χ1n) is 4.53. The highest BCUT2D eigenvalue weighted by atomic mass is 16.5. The van der Waals surface area contributed by atoms with Crippen molar-refractivity contribution in [1.82, 2.24) is 4.98 Å². The number of nitrogens with two attached hydrogens (primary N) is 1. The van der Waals surface area contributed by atoms with Gasteiger partial charge in [-0.25, -0.2) is 0 Å². The van der Waals surface area contributed by atoms with Crippen LogP contribution in [0.3, 0.4) is 0 Å². The minimum absolute atomic E-state index is 0.0325. The van der Waals surface area contributed by atoms with E-state index in [1.807, 2.05) is 32.0 Å². The van der Waals surface area contributed by atoms with Gasteiger partial charge in [0.25, 0.3) is 0 Å². The summed E-state index contributed by atoms with van der Waals surface area (Å²) in [5.74, 6) is 0. The summed E-state index contributed by atoms with van der Waals surface area (Å²) < 4.78 is 5.50. The van der Waals surface area contributed by atoms with Gasteiger partial charge in [-0.15, -0.1) is 0 Å². The van der Waals surface area contributed by atoms with Gasteiger partial charge in [0.05, 0.1) is 5.69 Å². The molecule has 0 bridgehead atoms. The summed E-state index contributed by atoms with van der Waals surface area (Å²) in [6, 6.07) is 5.73. The molecule has 2 unspecified atom stereocenters. The fourth-order valence-electron chi connectivity index (χ4n) is 1.23. The molecule has 0 fully saturated rings. The molecule has 0 radical (unpaired) electrons. The fraction of sp³-hybridized carbons (Fsp3) is 0.500. The number of pyridine rings is 1. The van der Waals surface area contributed by atoms with Gasteiger partial charge in [-0.1, -0.05) is 6.07 Å². The van der Waals surface area contributed by atoms with E-state index in [1.54, 1.807) is 6.20 Å². The minimum atomic E-state index is -0.0915. The average Bonchev–Trinajstić information content (AvgIpc) is 2.15. The van der Waals surface area contributed by atoms with Gasteiger partial charge in [-0.2, -0.15) is 0 Å². The summed E-state index contributed by atoms with van der Waals surface area (Å²) in [6.07, 6.45) is 1.66. The lowest BCUT2D eigenvalue weighted by molar-refractivity contribution is 0.0445. The number of rotatable bonds is 4. The molecule has 1 aromatic rings. The number of hydrogen-bond donors (Lipinski definition) is 1. The highest BCUT2D eigenvalue weighted by Crippen LogP contribution is 2.17. The van der Waals surface area contributed by atoms with Crippen LogP contribution in [0.2, 0.25) is 0 Å². The van der Waals surface area contributed by atoms with Crippen LogP contribution in [0.25, 0.3) is 0 Å². The van der Waals surface area contributed by atoms with Crippen LogP contribution in [0.4, 0.5) is 0 Å². The quantitative estimate of drug-likeness (QED) is 0.764. The van der Waals surface area contributed by atoms with Crippen LogP contribution in [-0.2, 0) is 4.74 Å². The van der Waals surface area contributed by atoms with Crippen LogP contribution in [0, 0.1) is 0 Å². The van der Waals surface area contributed by atoms with E-state index in [4.69, 9.17) is 10.5 Å². The molecular formula is C10H16N2O. The molecule has 3 nitrogen and oxygen atoms in total. The third-order valence-corrected chi connectivity index (χ3v) is 1.80. The molecule has 1 aromatic heterocycles. The molecule has 0 aliphatic heterocycles. The number of aromatic nitrogens is 1. The maximum Gasteiger partial charge on any atom is 0.114 e. The maximum atomic E-state index is 5.79. The Kier molecular flexibility index (Phi) is 3.86. The fourth-order valence-corrected chi connectivity index (χ4v) is 1.23. The summed E-state index contributed by atoms with van der Waals surface area (Å²) in [5.41, 5.74) is 6.69. The topological polar surface area (TPSA) is 48.1 Å².